The zero-order valence-electron chi connectivity index (χ0n) is 17.1. The number of rotatable bonds is 7. The Morgan fingerprint density at radius 2 is 1.96 bits per heavy atom. The van der Waals surface area contributed by atoms with Crippen LogP contribution in [0.25, 0.3) is 0 Å². The fourth-order valence-electron chi connectivity index (χ4n) is 4.17. The van der Waals surface area contributed by atoms with Crippen LogP contribution >= 0.6 is 0 Å². The Morgan fingerprint density at radius 1 is 1.26 bits per heavy atom. The van der Waals surface area contributed by atoms with E-state index in [0.29, 0.717) is 5.92 Å². The van der Waals surface area contributed by atoms with Gasteiger partial charge in [-0.3, -0.25) is 9.69 Å². The molecule has 0 bridgehead atoms. The van der Waals surface area contributed by atoms with Crippen LogP contribution in [0.1, 0.15) is 37.9 Å². The molecule has 3 heterocycles. The van der Waals surface area contributed by atoms with Crippen molar-refractivity contribution in [2.24, 2.45) is 0 Å². The van der Waals surface area contributed by atoms with Crippen molar-refractivity contribution < 1.29 is 9.53 Å². The highest BCUT2D eigenvalue weighted by atomic mass is 16.5. The highest BCUT2D eigenvalue weighted by molar-refractivity contribution is 5.81. The van der Waals surface area contributed by atoms with Gasteiger partial charge >= 0.3 is 0 Å². The number of aryl methyl sites for hydroxylation is 1. The predicted molar refractivity (Wildman–Crippen MR) is 106 cm³/mol. The molecule has 0 radical (unpaired) electrons. The van der Waals surface area contributed by atoms with Crippen LogP contribution in [-0.4, -0.2) is 96.2 Å². The first-order valence-corrected chi connectivity index (χ1v) is 10.3. The van der Waals surface area contributed by atoms with E-state index in [2.05, 4.69) is 44.5 Å². The zero-order chi connectivity index (χ0) is 19.2. The number of aromatic nitrogens is 2. The van der Waals surface area contributed by atoms with Gasteiger partial charge in [-0.15, -0.1) is 0 Å². The Kier molecular flexibility index (Phi) is 7.26. The van der Waals surface area contributed by atoms with Gasteiger partial charge in [0.15, 0.2) is 0 Å². The van der Waals surface area contributed by atoms with E-state index in [1.807, 2.05) is 13.1 Å². The minimum absolute atomic E-state index is 0.0431. The van der Waals surface area contributed by atoms with E-state index in [0.717, 1.165) is 71.7 Å². The Hall–Kier alpha value is -1.44. The summed E-state index contributed by atoms with van der Waals surface area (Å²) < 4.78 is 7.71. The second-order valence-electron chi connectivity index (χ2n) is 8.06. The Bertz CT molecular complexity index is 589. The van der Waals surface area contributed by atoms with Crippen LogP contribution in [0.2, 0.25) is 0 Å². The minimum atomic E-state index is -0.0431. The van der Waals surface area contributed by atoms with Gasteiger partial charge in [0, 0.05) is 51.0 Å². The number of nitrogens with zero attached hydrogens (tertiary/aromatic N) is 5. The molecule has 7 heteroatoms. The van der Waals surface area contributed by atoms with Gasteiger partial charge < -0.3 is 19.1 Å². The van der Waals surface area contributed by atoms with Gasteiger partial charge in [0.05, 0.1) is 19.3 Å². The fourth-order valence-corrected chi connectivity index (χ4v) is 4.17. The SMILES string of the molecule is C[C@@H](C(=O)N1CCC(c2nccn2CCCN(C)C)CC1)N1CCOCC1. The van der Waals surface area contributed by atoms with Crippen molar-refractivity contribution in [2.75, 3.05) is 60.0 Å². The summed E-state index contributed by atoms with van der Waals surface area (Å²) in [5.74, 6) is 1.92. The lowest BCUT2D eigenvalue weighted by molar-refractivity contribution is -0.139. The zero-order valence-corrected chi connectivity index (χ0v) is 17.1. The van der Waals surface area contributed by atoms with Crippen molar-refractivity contribution in [1.29, 1.82) is 0 Å². The second-order valence-corrected chi connectivity index (χ2v) is 8.06. The fraction of sp³-hybridized carbons (Fsp3) is 0.800. The molecule has 2 aliphatic rings. The third kappa shape index (κ3) is 5.30. The maximum absolute atomic E-state index is 12.9. The molecule has 2 aliphatic heterocycles. The number of morpholine rings is 1. The monoisotopic (exact) mass is 377 g/mol. The molecule has 3 rings (SSSR count). The van der Waals surface area contributed by atoms with Crippen LogP contribution in [0, 0.1) is 0 Å². The summed E-state index contributed by atoms with van der Waals surface area (Å²) in [4.78, 5) is 24.0. The first-order valence-electron chi connectivity index (χ1n) is 10.3. The average Bonchev–Trinajstić information content (AvgIpc) is 3.16. The number of piperidine rings is 1. The summed E-state index contributed by atoms with van der Waals surface area (Å²) in [6, 6.07) is -0.0431. The molecule has 0 aromatic carbocycles. The Morgan fingerprint density at radius 3 is 2.63 bits per heavy atom. The predicted octanol–water partition coefficient (Wildman–Crippen LogP) is 1.26. The molecule has 0 N–H and O–H groups in total. The smallest absolute Gasteiger partial charge is 0.239 e. The van der Waals surface area contributed by atoms with E-state index in [4.69, 9.17) is 4.74 Å². The Labute approximate surface area is 163 Å². The minimum Gasteiger partial charge on any atom is -0.379 e. The average molecular weight is 378 g/mol. The van der Waals surface area contributed by atoms with Crippen LogP contribution < -0.4 is 0 Å². The molecule has 1 amide bonds. The largest absolute Gasteiger partial charge is 0.379 e. The molecule has 7 nitrogen and oxygen atoms in total. The summed E-state index contributed by atoms with van der Waals surface area (Å²) in [5.41, 5.74) is 0. The lowest BCUT2D eigenvalue weighted by Crippen LogP contribution is -2.52. The summed E-state index contributed by atoms with van der Waals surface area (Å²) in [7, 11) is 4.22. The molecular formula is C20H35N5O2. The van der Waals surface area contributed by atoms with Crippen molar-refractivity contribution in [3.05, 3.63) is 18.2 Å². The Balaban J connectivity index is 1.50. The maximum Gasteiger partial charge on any atom is 0.239 e. The van der Waals surface area contributed by atoms with Gasteiger partial charge in [0.25, 0.3) is 0 Å². The van der Waals surface area contributed by atoms with E-state index >= 15 is 0 Å². The van der Waals surface area contributed by atoms with Gasteiger partial charge in [-0.2, -0.15) is 0 Å². The molecule has 1 aromatic heterocycles. The molecule has 152 valence electrons. The van der Waals surface area contributed by atoms with Gasteiger partial charge in [0.2, 0.25) is 5.91 Å². The lowest BCUT2D eigenvalue weighted by atomic mass is 9.95. The first-order chi connectivity index (χ1) is 13.1. The van der Waals surface area contributed by atoms with Crippen LogP contribution in [-0.2, 0) is 16.1 Å². The molecule has 27 heavy (non-hydrogen) atoms. The number of likely N-dealkylation sites (tertiary alicyclic amines) is 1. The summed E-state index contributed by atoms with van der Waals surface area (Å²) >= 11 is 0. The molecule has 1 aromatic rings. The van der Waals surface area contributed by atoms with E-state index in [1.165, 1.54) is 5.82 Å². The number of hydrogen-bond donors (Lipinski definition) is 0. The number of imidazole rings is 1. The van der Waals surface area contributed by atoms with E-state index in [-0.39, 0.29) is 11.9 Å². The van der Waals surface area contributed by atoms with Gasteiger partial charge in [-0.25, -0.2) is 4.98 Å². The summed E-state index contributed by atoms with van der Waals surface area (Å²) in [6.45, 7) is 8.99. The summed E-state index contributed by atoms with van der Waals surface area (Å²) in [5, 5.41) is 0. The number of carbonyl (C=O) groups excluding carboxylic acids is 1. The normalized spacial score (nSPS) is 21.0. The third-order valence-corrected chi connectivity index (χ3v) is 5.87. The van der Waals surface area contributed by atoms with Crippen LogP contribution in [0.4, 0.5) is 0 Å². The quantitative estimate of drug-likeness (QED) is 0.716. The second kappa shape index (κ2) is 9.66. The molecule has 2 saturated heterocycles. The van der Waals surface area contributed by atoms with Gasteiger partial charge in [-0.1, -0.05) is 0 Å². The van der Waals surface area contributed by atoms with Crippen LogP contribution in [0.15, 0.2) is 12.4 Å². The first kappa shape index (κ1) is 20.3. The van der Waals surface area contributed by atoms with Crippen molar-refractivity contribution in [3.8, 4) is 0 Å². The highest BCUT2D eigenvalue weighted by Gasteiger charge is 2.31. The van der Waals surface area contributed by atoms with E-state index < -0.39 is 0 Å². The molecule has 2 fully saturated rings. The van der Waals surface area contributed by atoms with E-state index in [9.17, 15) is 4.79 Å². The standard InChI is InChI=1S/C20H35N5O2/c1-17(23-13-15-27-16-14-23)20(26)25-10-5-18(6-11-25)19-21-7-12-24(19)9-4-8-22(2)3/h7,12,17-18H,4-6,8-11,13-16H2,1-3H3/t17-/m0/s1. The van der Waals surface area contributed by atoms with Crippen LogP contribution in [0.3, 0.4) is 0 Å². The third-order valence-electron chi connectivity index (χ3n) is 5.87. The molecule has 0 unspecified atom stereocenters. The molecule has 0 saturated carbocycles. The lowest BCUT2D eigenvalue weighted by Gasteiger charge is -2.37. The molecular weight excluding hydrogens is 342 g/mol. The number of amides is 1. The van der Waals surface area contributed by atoms with Crippen molar-refractivity contribution in [3.63, 3.8) is 0 Å². The summed E-state index contributed by atoms with van der Waals surface area (Å²) in [6.07, 6.45) is 7.16. The maximum atomic E-state index is 12.9. The van der Waals surface area contributed by atoms with E-state index in [1.54, 1.807) is 0 Å². The number of ether oxygens (including phenoxy) is 1. The van der Waals surface area contributed by atoms with Gasteiger partial charge in [-0.05, 0) is 46.8 Å². The van der Waals surface area contributed by atoms with Crippen molar-refractivity contribution in [2.45, 2.75) is 44.7 Å². The number of carbonyl (C=O) groups is 1. The topological polar surface area (TPSA) is 53.8 Å². The van der Waals surface area contributed by atoms with Crippen molar-refractivity contribution >= 4 is 5.91 Å². The molecule has 0 aliphatic carbocycles. The highest BCUT2D eigenvalue weighted by Crippen LogP contribution is 2.27. The number of hydrogen-bond acceptors (Lipinski definition) is 5. The van der Waals surface area contributed by atoms with Crippen molar-refractivity contribution in [1.82, 2.24) is 24.3 Å². The molecule has 1 atom stereocenters. The molecule has 0 spiro atoms. The van der Waals surface area contributed by atoms with Gasteiger partial charge in [0.1, 0.15) is 5.82 Å². The van der Waals surface area contributed by atoms with Crippen LogP contribution in [0.5, 0.6) is 0 Å².